The van der Waals surface area contributed by atoms with Crippen molar-refractivity contribution in [1.82, 2.24) is 5.32 Å². The van der Waals surface area contributed by atoms with E-state index >= 15 is 0 Å². The Morgan fingerprint density at radius 3 is 2.44 bits per heavy atom. The first-order valence-corrected chi connectivity index (χ1v) is 5.70. The van der Waals surface area contributed by atoms with E-state index in [1.165, 1.54) is 6.08 Å². The lowest BCUT2D eigenvalue weighted by molar-refractivity contribution is -0.157. The monoisotopic (exact) mass is 258 g/mol. The number of rotatable bonds is 5. The molecular weight excluding hydrogens is 236 g/mol. The molecule has 1 amide bonds. The highest BCUT2D eigenvalue weighted by Gasteiger charge is 2.27. The zero-order valence-corrected chi connectivity index (χ0v) is 11.4. The second-order valence-electron chi connectivity index (χ2n) is 4.88. The van der Waals surface area contributed by atoms with Crippen LogP contribution >= 0.6 is 0 Å². The van der Waals surface area contributed by atoms with Crippen LogP contribution in [0.2, 0.25) is 0 Å². The van der Waals surface area contributed by atoms with Crippen molar-refractivity contribution in [2.75, 3.05) is 6.61 Å². The summed E-state index contributed by atoms with van der Waals surface area (Å²) < 4.78 is 9.83. The third kappa shape index (κ3) is 6.90. The topological polar surface area (TPSA) is 90.6 Å². The van der Waals surface area contributed by atoms with Gasteiger partial charge >= 0.3 is 12.1 Å². The van der Waals surface area contributed by atoms with Gasteiger partial charge in [-0.05, 0) is 27.7 Å². The fraction of sp³-hybridized carbons (Fsp3) is 0.667. The number of alkyl carbamates (subject to hydrolysis) is 1. The summed E-state index contributed by atoms with van der Waals surface area (Å²) in [5, 5.41) is 2.45. The van der Waals surface area contributed by atoms with Crippen LogP contribution in [-0.2, 0) is 14.3 Å². The van der Waals surface area contributed by atoms with Crippen molar-refractivity contribution in [3.63, 3.8) is 0 Å². The molecule has 0 saturated carbocycles. The predicted molar refractivity (Wildman–Crippen MR) is 68.0 cm³/mol. The summed E-state index contributed by atoms with van der Waals surface area (Å²) in [6.07, 6.45) is 0.791. The average molecular weight is 258 g/mol. The van der Waals surface area contributed by atoms with Gasteiger partial charge in [-0.2, -0.15) is 0 Å². The van der Waals surface area contributed by atoms with Gasteiger partial charge in [-0.15, -0.1) is 0 Å². The summed E-state index contributed by atoms with van der Waals surface area (Å²) in [6, 6.07) is -1.53. The first-order chi connectivity index (χ1) is 8.17. The van der Waals surface area contributed by atoms with Crippen LogP contribution in [0.15, 0.2) is 12.7 Å². The van der Waals surface area contributed by atoms with Gasteiger partial charge in [0, 0.05) is 0 Å². The minimum atomic E-state index is -0.944. The Morgan fingerprint density at radius 2 is 2.00 bits per heavy atom. The molecule has 0 saturated heterocycles. The molecular formula is C12H22N2O4. The van der Waals surface area contributed by atoms with Crippen LogP contribution in [0.1, 0.15) is 27.7 Å². The van der Waals surface area contributed by atoms with Crippen LogP contribution < -0.4 is 11.1 Å². The van der Waals surface area contributed by atoms with Gasteiger partial charge in [0.25, 0.3) is 0 Å². The van der Waals surface area contributed by atoms with E-state index in [-0.39, 0.29) is 6.61 Å². The van der Waals surface area contributed by atoms with Gasteiger partial charge in [0.2, 0.25) is 0 Å². The normalized spacial score (nSPS) is 14.3. The second kappa shape index (κ2) is 7.00. The van der Waals surface area contributed by atoms with Crippen LogP contribution in [0.4, 0.5) is 4.79 Å². The summed E-state index contributed by atoms with van der Waals surface area (Å²) in [7, 11) is 0. The lowest BCUT2D eigenvalue weighted by Gasteiger charge is -2.25. The second-order valence-corrected chi connectivity index (χ2v) is 4.88. The molecule has 0 aliphatic rings. The van der Waals surface area contributed by atoms with Crippen molar-refractivity contribution in [1.29, 1.82) is 0 Å². The van der Waals surface area contributed by atoms with E-state index < -0.39 is 29.7 Å². The van der Waals surface area contributed by atoms with E-state index in [1.807, 2.05) is 0 Å². The Morgan fingerprint density at radius 1 is 1.44 bits per heavy atom. The van der Waals surface area contributed by atoms with Gasteiger partial charge in [0.05, 0.1) is 6.04 Å². The van der Waals surface area contributed by atoms with Gasteiger partial charge in [-0.1, -0.05) is 12.7 Å². The fourth-order valence-electron chi connectivity index (χ4n) is 1.03. The maximum absolute atomic E-state index is 11.6. The Hall–Kier alpha value is -1.56. The molecule has 18 heavy (non-hydrogen) atoms. The lowest BCUT2D eigenvalue weighted by Crippen LogP contribution is -2.52. The zero-order chi connectivity index (χ0) is 14.3. The molecule has 0 aromatic carbocycles. The van der Waals surface area contributed by atoms with E-state index in [4.69, 9.17) is 15.2 Å². The molecule has 104 valence electrons. The highest BCUT2D eigenvalue weighted by atomic mass is 16.6. The van der Waals surface area contributed by atoms with Crippen LogP contribution in [-0.4, -0.2) is 36.4 Å². The van der Waals surface area contributed by atoms with Crippen molar-refractivity contribution >= 4 is 12.1 Å². The number of hydrogen-bond acceptors (Lipinski definition) is 5. The molecule has 0 aromatic rings. The summed E-state index contributed by atoms with van der Waals surface area (Å²) in [4.78, 5) is 22.9. The first kappa shape index (κ1) is 16.4. The Bertz CT molecular complexity index is 310. The molecule has 0 bridgehead atoms. The molecule has 0 aliphatic heterocycles. The molecule has 0 aromatic heterocycles. The number of nitrogens with one attached hydrogen (secondary N) is 1. The van der Waals surface area contributed by atoms with E-state index in [1.54, 1.807) is 27.7 Å². The third-order valence-electron chi connectivity index (χ3n) is 1.90. The Kier molecular flexibility index (Phi) is 6.40. The number of esters is 1. The largest absolute Gasteiger partial charge is 0.459 e. The molecule has 0 fully saturated rings. The number of hydrogen-bond donors (Lipinski definition) is 2. The number of amides is 1. The molecule has 0 aliphatic carbocycles. The Balaban J connectivity index is 4.24. The summed E-state index contributed by atoms with van der Waals surface area (Å²) in [5.74, 6) is -0.570. The standard InChI is InChI=1S/C12H22N2O4/c1-6-7-17-11(16)14-8(2)9(13)10(15)18-12(3,4)5/h6,8-9H,1,7,13H2,2-5H3,(H,14,16)/t8-,9+/m1/s1. The summed E-state index contributed by atoms with van der Waals surface area (Å²) in [6.45, 7) is 10.3. The van der Waals surface area contributed by atoms with Crippen LogP contribution in [0.25, 0.3) is 0 Å². The summed E-state index contributed by atoms with van der Waals surface area (Å²) in [5.41, 5.74) is 5.07. The quantitative estimate of drug-likeness (QED) is 0.566. The fourth-order valence-corrected chi connectivity index (χ4v) is 1.03. The Labute approximate surface area is 108 Å². The maximum Gasteiger partial charge on any atom is 0.407 e. The van der Waals surface area contributed by atoms with Gasteiger partial charge in [0.1, 0.15) is 18.2 Å². The molecule has 2 atom stereocenters. The van der Waals surface area contributed by atoms with Gasteiger partial charge in [-0.25, -0.2) is 4.79 Å². The molecule has 0 heterocycles. The number of ether oxygens (including phenoxy) is 2. The van der Waals surface area contributed by atoms with E-state index in [9.17, 15) is 9.59 Å². The highest BCUT2D eigenvalue weighted by molar-refractivity contribution is 5.78. The van der Waals surface area contributed by atoms with Crippen LogP contribution in [0, 0.1) is 0 Å². The van der Waals surface area contributed by atoms with E-state index in [2.05, 4.69) is 11.9 Å². The molecule has 0 rings (SSSR count). The van der Waals surface area contributed by atoms with E-state index in [0.29, 0.717) is 0 Å². The maximum atomic E-state index is 11.6. The SMILES string of the molecule is C=CCOC(=O)N[C@H](C)[C@H](N)C(=O)OC(C)(C)C. The van der Waals surface area contributed by atoms with Crippen molar-refractivity contribution < 1.29 is 19.1 Å². The van der Waals surface area contributed by atoms with Crippen LogP contribution in [0.3, 0.4) is 0 Å². The average Bonchev–Trinajstić information content (AvgIpc) is 2.22. The smallest absolute Gasteiger partial charge is 0.407 e. The third-order valence-corrected chi connectivity index (χ3v) is 1.90. The van der Waals surface area contributed by atoms with Gasteiger partial charge in [-0.3, -0.25) is 4.79 Å². The first-order valence-electron chi connectivity index (χ1n) is 5.70. The van der Waals surface area contributed by atoms with E-state index in [0.717, 1.165) is 0 Å². The molecule has 3 N–H and O–H groups in total. The molecule has 6 heteroatoms. The molecule has 0 radical (unpaired) electrons. The van der Waals surface area contributed by atoms with Crippen molar-refractivity contribution in [3.8, 4) is 0 Å². The van der Waals surface area contributed by atoms with Crippen LogP contribution in [0.5, 0.6) is 0 Å². The minimum absolute atomic E-state index is 0.0974. The van der Waals surface area contributed by atoms with Crippen molar-refractivity contribution in [2.24, 2.45) is 5.73 Å². The molecule has 0 spiro atoms. The summed E-state index contributed by atoms with van der Waals surface area (Å²) >= 11 is 0. The highest BCUT2D eigenvalue weighted by Crippen LogP contribution is 2.09. The van der Waals surface area contributed by atoms with Crippen molar-refractivity contribution in [3.05, 3.63) is 12.7 Å². The van der Waals surface area contributed by atoms with Gasteiger partial charge in [0.15, 0.2) is 0 Å². The lowest BCUT2D eigenvalue weighted by atomic mass is 10.1. The number of nitrogens with two attached hydrogens (primary N) is 1. The molecule has 0 unspecified atom stereocenters. The minimum Gasteiger partial charge on any atom is -0.459 e. The predicted octanol–water partition coefficient (Wildman–Crippen LogP) is 0.956. The van der Waals surface area contributed by atoms with Gasteiger partial charge < -0.3 is 20.5 Å². The van der Waals surface area contributed by atoms with Crippen molar-refractivity contribution in [2.45, 2.75) is 45.4 Å². The zero-order valence-electron chi connectivity index (χ0n) is 11.4. The molecule has 6 nitrogen and oxygen atoms in total. The number of carbonyl (C=O) groups is 2. The number of carbonyl (C=O) groups excluding carboxylic acids is 2.